The molecule has 0 saturated heterocycles. The van der Waals surface area contributed by atoms with Crippen molar-refractivity contribution in [3.63, 3.8) is 0 Å². The minimum Gasteiger partial charge on any atom is -0.362 e. The van der Waals surface area contributed by atoms with Crippen LogP contribution in [0.3, 0.4) is 0 Å². The molecule has 0 fully saturated rings. The van der Waals surface area contributed by atoms with Crippen molar-refractivity contribution in [3.8, 4) is 0 Å². The van der Waals surface area contributed by atoms with Crippen LogP contribution in [0.15, 0.2) is 48.5 Å². The fraction of sp³-hybridized carbons (Fsp3) is 0.278. The molecule has 0 bridgehead atoms. The standard InChI is InChI=1S/C18H21N3/c1-4-21(15-8-6-5-7-9-15)14(3)18-19-16-11-10-13(2)12-17(16)20-18/h5-12,14H,4H2,1-3H3,(H,19,20). The molecule has 1 heterocycles. The number of H-pyrrole nitrogens is 1. The summed E-state index contributed by atoms with van der Waals surface area (Å²) in [6.45, 7) is 7.42. The predicted molar refractivity (Wildman–Crippen MR) is 88.7 cm³/mol. The monoisotopic (exact) mass is 279 g/mol. The van der Waals surface area contributed by atoms with E-state index < -0.39 is 0 Å². The van der Waals surface area contributed by atoms with Crippen LogP contribution in [0, 0.1) is 6.92 Å². The molecule has 1 aromatic heterocycles. The fourth-order valence-electron chi connectivity index (χ4n) is 2.79. The summed E-state index contributed by atoms with van der Waals surface area (Å²) in [4.78, 5) is 10.6. The number of para-hydroxylation sites is 1. The van der Waals surface area contributed by atoms with Gasteiger partial charge in [-0.15, -0.1) is 0 Å². The first kappa shape index (κ1) is 13.7. The van der Waals surface area contributed by atoms with E-state index in [1.807, 2.05) is 6.07 Å². The second-order valence-corrected chi connectivity index (χ2v) is 5.44. The number of aryl methyl sites for hydroxylation is 1. The van der Waals surface area contributed by atoms with Crippen molar-refractivity contribution in [2.24, 2.45) is 0 Å². The Morgan fingerprint density at radius 2 is 1.90 bits per heavy atom. The van der Waals surface area contributed by atoms with E-state index in [4.69, 9.17) is 4.98 Å². The molecular weight excluding hydrogens is 258 g/mol. The van der Waals surface area contributed by atoms with Gasteiger partial charge in [0.1, 0.15) is 5.82 Å². The molecule has 3 aromatic rings. The molecule has 1 unspecified atom stereocenters. The lowest BCUT2D eigenvalue weighted by Crippen LogP contribution is -2.27. The van der Waals surface area contributed by atoms with Gasteiger partial charge >= 0.3 is 0 Å². The number of aromatic nitrogens is 2. The first-order valence-corrected chi connectivity index (χ1v) is 7.47. The van der Waals surface area contributed by atoms with E-state index in [-0.39, 0.29) is 6.04 Å². The van der Waals surface area contributed by atoms with Gasteiger partial charge in [-0.05, 0) is 50.6 Å². The number of benzene rings is 2. The summed E-state index contributed by atoms with van der Waals surface area (Å²) in [6.07, 6.45) is 0. The van der Waals surface area contributed by atoms with Crippen molar-refractivity contribution in [2.75, 3.05) is 11.4 Å². The smallest absolute Gasteiger partial charge is 0.129 e. The van der Waals surface area contributed by atoms with Crippen LogP contribution < -0.4 is 4.90 Å². The number of anilines is 1. The zero-order chi connectivity index (χ0) is 14.8. The number of aromatic amines is 1. The molecule has 0 radical (unpaired) electrons. The predicted octanol–water partition coefficient (Wildman–Crippen LogP) is 4.46. The van der Waals surface area contributed by atoms with Gasteiger partial charge in [0.2, 0.25) is 0 Å². The number of hydrogen-bond acceptors (Lipinski definition) is 2. The van der Waals surface area contributed by atoms with Gasteiger partial charge in [-0.1, -0.05) is 24.3 Å². The van der Waals surface area contributed by atoms with Crippen LogP contribution in [0.2, 0.25) is 0 Å². The lowest BCUT2D eigenvalue weighted by molar-refractivity contribution is 0.658. The Morgan fingerprint density at radius 3 is 2.62 bits per heavy atom. The normalized spacial score (nSPS) is 12.5. The maximum atomic E-state index is 4.75. The molecule has 2 aromatic carbocycles. The largest absolute Gasteiger partial charge is 0.362 e. The van der Waals surface area contributed by atoms with Gasteiger partial charge in [0.25, 0.3) is 0 Å². The van der Waals surface area contributed by atoms with Crippen LogP contribution in [-0.4, -0.2) is 16.5 Å². The number of hydrogen-bond donors (Lipinski definition) is 1. The van der Waals surface area contributed by atoms with Crippen LogP contribution in [0.25, 0.3) is 11.0 Å². The second kappa shape index (κ2) is 5.60. The third kappa shape index (κ3) is 2.64. The SMILES string of the molecule is CCN(c1ccccc1)C(C)c1nc2ccc(C)cc2[nH]1. The molecule has 0 spiro atoms. The minimum atomic E-state index is 0.213. The number of imidazole rings is 1. The fourth-order valence-corrected chi connectivity index (χ4v) is 2.79. The highest BCUT2D eigenvalue weighted by atomic mass is 15.2. The quantitative estimate of drug-likeness (QED) is 0.764. The van der Waals surface area contributed by atoms with Crippen molar-refractivity contribution in [2.45, 2.75) is 26.8 Å². The van der Waals surface area contributed by atoms with Gasteiger partial charge in [0.05, 0.1) is 17.1 Å². The number of fused-ring (bicyclic) bond motifs is 1. The Balaban J connectivity index is 1.96. The van der Waals surface area contributed by atoms with Crippen LogP contribution in [0.1, 0.15) is 31.3 Å². The van der Waals surface area contributed by atoms with E-state index in [1.165, 1.54) is 11.3 Å². The van der Waals surface area contributed by atoms with Crippen LogP contribution in [0.4, 0.5) is 5.69 Å². The van der Waals surface area contributed by atoms with E-state index in [1.54, 1.807) is 0 Å². The Morgan fingerprint density at radius 1 is 1.14 bits per heavy atom. The van der Waals surface area contributed by atoms with Crippen LogP contribution in [-0.2, 0) is 0 Å². The van der Waals surface area contributed by atoms with Gasteiger partial charge in [0, 0.05) is 12.2 Å². The van der Waals surface area contributed by atoms with Gasteiger partial charge in [-0.2, -0.15) is 0 Å². The van der Waals surface area contributed by atoms with Crippen LogP contribution >= 0.6 is 0 Å². The molecule has 0 aliphatic carbocycles. The molecule has 1 atom stereocenters. The molecule has 0 aliphatic heterocycles. The second-order valence-electron chi connectivity index (χ2n) is 5.44. The summed E-state index contributed by atoms with van der Waals surface area (Å²) in [5, 5.41) is 0. The molecule has 0 amide bonds. The van der Waals surface area contributed by atoms with E-state index in [0.717, 1.165) is 23.4 Å². The van der Waals surface area contributed by atoms with Crippen molar-refractivity contribution in [1.82, 2.24) is 9.97 Å². The average Bonchev–Trinajstić information content (AvgIpc) is 2.92. The summed E-state index contributed by atoms with van der Waals surface area (Å²) in [6, 6.07) is 17.0. The molecule has 0 aliphatic rings. The first-order chi connectivity index (χ1) is 10.2. The highest BCUT2D eigenvalue weighted by Crippen LogP contribution is 2.26. The maximum Gasteiger partial charge on any atom is 0.129 e. The summed E-state index contributed by atoms with van der Waals surface area (Å²) in [5.74, 6) is 1.02. The molecule has 0 saturated carbocycles. The first-order valence-electron chi connectivity index (χ1n) is 7.47. The maximum absolute atomic E-state index is 4.75. The van der Waals surface area contributed by atoms with Gasteiger partial charge in [0.15, 0.2) is 0 Å². The van der Waals surface area contributed by atoms with E-state index >= 15 is 0 Å². The van der Waals surface area contributed by atoms with E-state index in [2.05, 4.69) is 73.1 Å². The minimum absolute atomic E-state index is 0.213. The number of nitrogens with zero attached hydrogens (tertiary/aromatic N) is 2. The molecule has 108 valence electrons. The Labute approximate surface area is 125 Å². The van der Waals surface area contributed by atoms with E-state index in [9.17, 15) is 0 Å². The highest BCUT2D eigenvalue weighted by Gasteiger charge is 2.18. The summed E-state index contributed by atoms with van der Waals surface area (Å²) >= 11 is 0. The molecule has 3 heteroatoms. The molecular formula is C18H21N3. The molecule has 3 rings (SSSR count). The number of nitrogens with one attached hydrogen (secondary N) is 1. The van der Waals surface area contributed by atoms with Crippen molar-refractivity contribution in [3.05, 3.63) is 59.9 Å². The average molecular weight is 279 g/mol. The van der Waals surface area contributed by atoms with Gasteiger partial charge < -0.3 is 9.88 Å². The lowest BCUT2D eigenvalue weighted by Gasteiger charge is -2.28. The van der Waals surface area contributed by atoms with Crippen molar-refractivity contribution >= 4 is 16.7 Å². The summed E-state index contributed by atoms with van der Waals surface area (Å²) in [5.41, 5.74) is 4.62. The Kier molecular flexibility index (Phi) is 3.65. The van der Waals surface area contributed by atoms with Crippen LogP contribution in [0.5, 0.6) is 0 Å². The molecule has 3 nitrogen and oxygen atoms in total. The zero-order valence-corrected chi connectivity index (χ0v) is 12.8. The molecule has 1 N–H and O–H groups in total. The Hall–Kier alpha value is -2.29. The van der Waals surface area contributed by atoms with Crippen molar-refractivity contribution in [1.29, 1.82) is 0 Å². The third-order valence-corrected chi connectivity index (χ3v) is 3.95. The summed E-state index contributed by atoms with van der Waals surface area (Å²) < 4.78 is 0. The van der Waals surface area contributed by atoms with E-state index in [0.29, 0.717) is 0 Å². The van der Waals surface area contributed by atoms with Gasteiger partial charge in [-0.25, -0.2) is 4.98 Å². The summed E-state index contributed by atoms with van der Waals surface area (Å²) in [7, 11) is 0. The Bertz CT molecular complexity index is 731. The number of rotatable bonds is 4. The topological polar surface area (TPSA) is 31.9 Å². The lowest BCUT2D eigenvalue weighted by atomic mass is 10.2. The van der Waals surface area contributed by atoms with Gasteiger partial charge in [-0.3, -0.25) is 0 Å². The highest BCUT2D eigenvalue weighted by molar-refractivity contribution is 5.76. The van der Waals surface area contributed by atoms with Crippen molar-refractivity contribution < 1.29 is 0 Å². The molecule has 21 heavy (non-hydrogen) atoms. The zero-order valence-electron chi connectivity index (χ0n) is 12.8. The third-order valence-electron chi connectivity index (χ3n) is 3.95.